The fraction of sp³-hybridized carbons (Fsp3) is 0.750. The van der Waals surface area contributed by atoms with Crippen molar-refractivity contribution < 1.29 is 14.6 Å². The number of nitrogens with zero attached hydrogens (tertiary/aromatic N) is 3. The van der Waals surface area contributed by atoms with E-state index in [-0.39, 0.29) is 11.8 Å². The van der Waals surface area contributed by atoms with Gasteiger partial charge in [0.1, 0.15) is 5.82 Å². The van der Waals surface area contributed by atoms with Crippen LogP contribution >= 0.6 is 11.8 Å². The summed E-state index contributed by atoms with van der Waals surface area (Å²) in [6.07, 6.45) is 0.758. The fourth-order valence-electron chi connectivity index (χ4n) is 1.84. The van der Waals surface area contributed by atoms with Gasteiger partial charge in [-0.3, -0.25) is 4.79 Å². The minimum atomic E-state index is -0.856. The molecule has 7 heteroatoms. The smallest absolute Gasteiger partial charge is 0.313 e. The number of carboxylic acid groups (broad SMARTS) is 1. The van der Waals surface area contributed by atoms with E-state index in [2.05, 4.69) is 24.0 Å². The Bertz CT molecular complexity index is 420. The molecule has 0 spiro atoms. The predicted octanol–water partition coefficient (Wildman–Crippen LogP) is 1.86. The van der Waals surface area contributed by atoms with Crippen molar-refractivity contribution in [3.05, 3.63) is 5.82 Å². The standard InChI is InChI=1S/C12H21N3O3S/c1-5-10-13-14-12(19-7-11(16)17)15(10)9(6-18-4)8(2)3/h8-9H,5-7H2,1-4H3,(H,16,17). The van der Waals surface area contributed by atoms with Crippen molar-refractivity contribution >= 4 is 17.7 Å². The first-order valence-electron chi connectivity index (χ1n) is 6.28. The van der Waals surface area contributed by atoms with Crippen molar-refractivity contribution in [2.45, 2.75) is 38.4 Å². The number of carbonyl (C=O) groups is 1. The summed E-state index contributed by atoms with van der Waals surface area (Å²) >= 11 is 1.20. The Morgan fingerprint density at radius 1 is 1.47 bits per heavy atom. The summed E-state index contributed by atoms with van der Waals surface area (Å²) in [5.74, 6) is 0.346. The van der Waals surface area contributed by atoms with Crippen molar-refractivity contribution in [3.63, 3.8) is 0 Å². The molecule has 19 heavy (non-hydrogen) atoms. The van der Waals surface area contributed by atoms with Crippen LogP contribution in [0.15, 0.2) is 5.16 Å². The molecule has 0 aliphatic carbocycles. The Morgan fingerprint density at radius 3 is 2.63 bits per heavy atom. The van der Waals surface area contributed by atoms with Gasteiger partial charge in [0.25, 0.3) is 0 Å². The summed E-state index contributed by atoms with van der Waals surface area (Å²) in [7, 11) is 1.66. The summed E-state index contributed by atoms with van der Waals surface area (Å²) in [5.41, 5.74) is 0. The number of aliphatic carboxylic acids is 1. The van der Waals surface area contributed by atoms with Gasteiger partial charge in [-0.05, 0) is 5.92 Å². The van der Waals surface area contributed by atoms with Crippen LogP contribution in [0.25, 0.3) is 0 Å². The molecule has 1 aromatic heterocycles. The second-order valence-corrected chi connectivity index (χ2v) is 5.51. The molecule has 1 unspecified atom stereocenters. The van der Waals surface area contributed by atoms with E-state index in [4.69, 9.17) is 9.84 Å². The summed E-state index contributed by atoms with van der Waals surface area (Å²) in [5, 5.41) is 17.7. The minimum Gasteiger partial charge on any atom is -0.481 e. The molecule has 1 N–H and O–H groups in total. The first-order valence-corrected chi connectivity index (χ1v) is 7.27. The van der Waals surface area contributed by atoms with Crippen molar-refractivity contribution in [1.29, 1.82) is 0 Å². The zero-order chi connectivity index (χ0) is 14.4. The largest absolute Gasteiger partial charge is 0.481 e. The van der Waals surface area contributed by atoms with Crippen LogP contribution in [0.4, 0.5) is 0 Å². The van der Waals surface area contributed by atoms with Crippen LogP contribution in [0.1, 0.15) is 32.6 Å². The Morgan fingerprint density at radius 2 is 2.16 bits per heavy atom. The van der Waals surface area contributed by atoms with Gasteiger partial charge in [-0.25, -0.2) is 0 Å². The Labute approximate surface area is 117 Å². The number of hydrogen-bond donors (Lipinski definition) is 1. The number of thioether (sulfide) groups is 1. The number of aromatic nitrogens is 3. The van der Waals surface area contributed by atoms with Crippen LogP contribution in [0, 0.1) is 5.92 Å². The number of carboxylic acids is 1. The van der Waals surface area contributed by atoms with Gasteiger partial charge >= 0.3 is 5.97 Å². The van der Waals surface area contributed by atoms with Gasteiger partial charge in [0, 0.05) is 13.5 Å². The van der Waals surface area contributed by atoms with Crippen LogP contribution in [0.3, 0.4) is 0 Å². The van der Waals surface area contributed by atoms with E-state index >= 15 is 0 Å². The highest BCUT2D eigenvalue weighted by molar-refractivity contribution is 7.99. The first kappa shape index (κ1) is 16.0. The number of rotatable bonds is 8. The fourth-order valence-corrected chi connectivity index (χ4v) is 2.57. The van der Waals surface area contributed by atoms with Gasteiger partial charge in [0.05, 0.1) is 18.4 Å². The van der Waals surface area contributed by atoms with Gasteiger partial charge in [-0.1, -0.05) is 32.5 Å². The molecule has 0 radical (unpaired) electrons. The molecule has 6 nitrogen and oxygen atoms in total. The third-order valence-corrected chi connectivity index (χ3v) is 3.74. The molecule has 1 heterocycles. The normalized spacial score (nSPS) is 12.9. The van der Waals surface area contributed by atoms with E-state index in [1.165, 1.54) is 11.8 Å². The SMILES string of the molecule is CCc1nnc(SCC(=O)O)n1C(COC)C(C)C. The zero-order valence-electron chi connectivity index (χ0n) is 11.8. The van der Waals surface area contributed by atoms with Crippen LogP contribution in [0.5, 0.6) is 0 Å². The van der Waals surface area contributed by atoms with Crippen molar-refractivity contribution in [1.82, 2.24) is 14.8 Å². The molecule has 0 aliphatic rings. The molecule has 0 aromatic carbocycles. The van der Waals surface area contributed by atoms with Gasteiger partial charge in [0.15, 0.2) is 5.16 Å². The van der Waals surface area contributed by atoms with Crippen LogP contribution in [-0.2, 0) is 16.0 Å². The second kappa shape index (κ2) is 7.49. The van der Waals surface area contributed by atoms with Gasteiger partial charge in [0.2, 0.25) is 0 Å². The molecule has 1 rings (SSSR count). The van der Waals surface area contributed by atoms with Crippen molar-refractivity contribution in [3.8, 4) is 0 Å². The molecule has 1 atom stereocenters. The molecule has 1 aromatic rings. The summed E-state index contributed by atoms with van der Waals surface area (Å²) in [6, 6.07) is 0.117. The number of ether oxygens (including phenoxy) is 1. The monoisotopic (exact) mass is 287 g/mol. The lowest BCUT2D eigenvalue weighted by Gasteiger charge is -2.24. The van der Waals surface area contributed by atoms with Gasteiger partial charge in [-0.15, -0.1) is 10.2 Å². The molecule has 0 amide bonds. The molecule has 108 valence electrons. The Kier molecular flexibility index (Phi) is 6.30. The average Bonchev–Trinajstić information content (AvgIpc) is 2.75. The molecule has 0 aliphatic heterocycles. The maximum absolute atomic E-state index is 10.7. The topological polar surface area (TPSA) is 77.2 Å². The van der Waals surface area contributed by atoms with E-state index in [9.17, 15) is 4.79 Å². The lowest BCUT2D eigenvalue weighted by Crippen LogP contribution is -2.23. The van der Waals surface area contributed by atoms with E-state index < -0.39 is 5.97 Å². The van der Waals surface area contributed by atoms with Crippen molar-refractivity contribution in [2.75, 3.05) is 19.5 Å². The quantitative estimate of drug-likeness (QED) is 0.735. The van der Waals surface area contributed by atoms with Crippen LogP contribution < -0.4 is 0 Å². The minimum absolute atomic E-state index is 0.0142. The molecular formula is C12H21N3O3S. The molecular weight excluding hydrogens is 266 g/mol. The van der Waals surface area contributed by atoms with Gasteiger partial charge < -0.3 is 14.4 Å². The average molecular weight is 287 g/mol. The van der Waals surface area contributed by atoms with E-state index in [1.54, 1.807) is 7.11 Å². The zero-order valence-corrected chi connectivity index (χ0v) is 12.6. The summed E-state index contributed by atoms with van der Waals surface area (Å²) < 4.78 is 7.28. The van der Waals surface area contributed by atoms with Crippen LogP contribution in [0.2, 0.25) is 0 Å². The third-order valence-electron chi connectivity index (χ3n) is 2.81. The Balaban J connectivity index is 3.05. The van der Waals surface area contributed by atoms with E-state index in [0.717, 1.165) is 12.2 Å². The molecule has 0 saturated carbocycles. The molecule has 0 bridgehead atoms. The maximum Gasteiger partial charge on any atom is 0.313 e. The molecule has 0 fully saturated rings. The highest BCUT2D eigenvalue weighted by Crippen LogP contribution is 2.27. The lowest BCUT2D eigenvalue weighted by molar-refractivity contribution is -0.133. The predicted molar refractivity (Wildman–Crippen MR) is 73.5 cm³/mol. The van der Waals surface area contributed by atoms with E-state index in [1.807, 2.05) is 11.5 Å². The lowest BCUT2D eigenvalue weighted by atomic mass is 10.1. The molecule has 0 saturated heterocycles. The maximum atomic E-state index is 10.7. The first-order chi connectivity index (χ1) is 9.01. The Hall–Kier alpha value is -1.08. The highest BCUT2D eigenvalue weighted by atomic mass is 32.2. The summed E-state index contributed by atoms with van der Waals surface area (Å²) in [6.45, 7) is 6.78. The van der Waals surface area contributed by atoms with Gasteiger partial charge in [-0.2, -0.15) is 0 Å². The second-order valence-electron chi connectivity index (χ2n) is 4.57. The number of methoxy groups -OCH3 is 1. The highest BCUT2D eigenvalue weighted by Gasteiger charge is 2.23. The number of hydrogen-bond acceptors (Lipinski definition) is 5. The van der Waals surface area contributed by atoms with E-state index in [0.29, 0.717) is 17.7 Å². The number of aryl methyl sites for hydroxylation is 1. The summed E-state index contributed by atoms with van der Waals surface area (Å²) in [4.78, 5) is 10.7. The third kappa shape index (κ3) is 4.21. The van der Waals surface area contributed by atoms with Crippen molar-refractivity contribution in [2.24, 2.45) is 5.92 Å². The van der Waals surface area contributed by atoms with Crippen LogP contribution in [-0.4, -0.2) is 45.3 Å².